The summed E-state index contributed by atoms with van der Waals surface area (Å²) in [4.78, 5) is 122. The van der Waals surface area contributed by atoms with Crippen molar-refractivity contribution in [2.24, 2.45) is 11.7 Å². The third-order valence-electron chi connectivity index (χ3n) is 8.05. The Hall–Kier alpha value is -5.34. The van der Waals surface area contributed by atoms with Crippen LogP contribution in [0.15, 0.2) is 0 Å². The number of carbonyl (C=O) groups is 10. The lowest BCUT2D eigenvalue weighted by atomic mass is 10.0. The first-order valence-corrected chi connectivity index (χ1v) is 17.9. The van der Waals surface area contributed by atoms with Crippen molar-refractivity contribution < 1.29 is 79.2 Å². The molecule has 0 aromatic heterocycles. The van der Waals surface area contributed by atoms with Gasteiger partial charge in [-0.05, 0) is 47.5 Å². The molecule has 0 saturated carbocycles. The number of hydrogen-bond acceptors (Lipinski definition) is 15. The summed E-state index contributed by atoms with van der Waals surface area (Å²) < 4.78 is 0. The Kier molecular flexibility index (Phi) is 25.1. The van der Waals surface area contributed by atoms with Gasteiger partial charge in [-0.25, -0.2) is 0 Å². The number of primary amides is 1. The highest BCUT2D eigenvalue weighted by molar-refractivity contribution is 5.98. The first-order valence-electron chi connectivity index (χ1n) is 17.9. The Morgan fingerprint density at radius 1 is 0.466 bits per heavy atom. The second-order valence-electron chi connectivity index (χ2n) is 13.7. The molecular formula is C33H61N10O15+. The van der Waals surface area contributed by atoms with Gasteiger partial charge in [-0.1, -0.05) is 13.8 Å². The van der Waals surface area contributed by atoms with Gasteiger partial charge in [0.25, 0.3) is 5.91 Å². The van der Waals surface area contributed by atoms with Crippen molar-refractivity contribution in [3.8, 4) is 0 Å². The summed E-state index contributed by atoms with van der Waals surface area (Å²) in [6, 6.07) is -13.2. The summed E-state index contributed by atoms with van der Waals surface area (Å²) in [6.45, 7) is 10.4. The zero-order valence-corrected chi connectivity index (χ0v) is 33.7. The summed E-state index contributed by atoms with van der Waals surface area (Å²) in [6.07, 6.45) is -4.98. The first kappa shape index (κ1) is 54.8. The molecule has 25 nitrogen and oxygen atoms in total. The Morgan fingerprint density at radius 2 is 0.759 bits per heavy atom. The highest BCUT2D eigenvalue weighted by atomic mass is 16.3. The number of carbonyl (C=O) groups excluding carboxylic acids is 10. The Morgan fingerprint density at radius 3 is 1.07 bits per heavy atom. The fourth-order valence-corrected chi connectivity index (χ4v) is 4.49. The average molecular weight is 838 g/mol. The molecule has 9 amide bonds. The average Bonchev–Trinajstić information content (AvgIpc) is 3.14. The summed E-state index contributed by atoms with van der Waals surface area (Å²) in [5.41, 5.74) is 8.65. The molecule has 0 spiro atoms. The van der Waals surface area contributed by atoms with E-state index in [1.54, 1.807) is 13.8 Å². The molecular weight excluding hydrogens is 776 g/mol. The van der Waals surface area contributed by atoms with E-state index in [1.807, 2.05) is 6.79 Å². The van der Waals surface area contributed by atoms with Crippen LogP contribution in [0.5, 0.6) is 0 Å². The van der Waals surface area contributed by atoms with Crippen molar-refractivity contribution >= 4 is 60.0 Å². The van der Waals surface area contributed by atoms with E-state index in [1.165, 1.54) is 20.8 Å². The van der Waals surface area contributed by atoms with Crippen molar-refractivity contribution in [2.75, 3.05) is 13.2 Å². The number of amides is 9. The predicted octanol–water partition coefficient (Wildman–Crippen LogP) is -9.38. The van der Waals surface area contributed by atoms with E-state index < -0.39 is 145 Å². The van der Waals surface area contributed by atoms with Crippen LogP contribution in [0.4, 0.5) is 0 Å². The molecule has 0 fully saturated rings. The Balaban J connectivity index is 0. The van der Waals surface area contributed by atoms with Gasteiger partial charge in [-0.2, -0.15) is 0 Å². The number of nitrogens with one attached hydrogen (secondary N) is 8. The van der Waals surface area contributed by atoms with Gasteiger partial charge in [-0.3, -0.25) is 43.2 Å². The molecule has 0 unspecified atom stereocenters. The van der Waals surface area contributed by atoms with E-state index >= 15 is 0 Å². The molecule has 25 heteroatoms. The third-order valence-corrected chi connectivity index (χ3v) is 8.05. The topological polar surface area (TPSA) is 422 Å². The molecule has 332 valence electrons. The van der Waals surface area contributed by atoms with E-state index in [0.717, 1.165) is 20.8 Å². The fraction of sp³-hybridized carbons (Fsp3) is 0.697. The van der Waals surface area contributed by atoms with Crippen LogP contribution in [-0.2, 0) is 47.9 Å². The number of nitrogens with two attached hydrogens (primary N) is 1. The number of rotatable bonds is 23. The quantitative estimate of drug-likeness (QED) is 0.0454. The Bertz CT molecular complexity index is 1430. The van der Waals surface area contributed by atoms with Gasteiger partial charge in [0.1, 0.15) is 55.1 Å². The van der Waals surface area contributed by atoms with Gasteiger partial charge in [0.05, 0.1) is 31.5 Å². The molecule has 58 heavy (non-hydrogen) atoms. The lowest BCUT2D eigenvalue weighted by molar-refractivity contribution is -0.398. The first-order chi connectivity index (χ1) is 26.8. The van der Waals surface area contributed by atoms with Gasteiger partial charge in [0, 0.05) is 0 Å². The van der Waals surface area contributed by atoms with Crippen molar-refractivity contribution in [3.05, 3.63) is 0 Å². The van der Waals surface area contributed by atoms with Gasteiger partial charge < -0.3 is 84.3 Å². The molecule has 0 aromatic carbocycles. The molecule has 0 rings (SSSR count). The maximum Gasteiger partial charge on any atom is 0.278 e. The summed E-state index contributed by atoms with van der Waals surface area (Å²) in [5.74, 6) is -9.66. The molecule has 0 aliphatic heterocycles. The molecule has 0 bridgehead atoms. The fourth-order valence-electron chi connectivity index (χ4n) is 4.49. The van der Waals surface area contributed by atoms with Crippen LogP contribution in [0, 0.1) is 5.92 Å². The summed E-state index contributed by atoms with van der Waals surface area (Å²) >= 11 is 0. The minimum absolute atomic E-state index is 0.520. The molecule has 0 saturated heterocycles. The highest BCUT2D eigenvalue weighted by Gasteiger charge is 2.37. The van der Waals surface area contributed by atoms with Gasteiger partial charge in [-0.15, -0.1) is 0 Å². The lowest BCUT2D eigenvalue weighted by Gasteiger charge is -2.29. The minimum Gasteiger partial charge on any atom is -0.394 e. The van der Waals surface area contributed by atoms with E-state index in [4.69, 9.17) is 10.5 Å². The maximum absolute atomic E-state index is 13.2. The standard InChI is InChI=1S/C32H58N10O14.CH2O/c1-11(2)20(39-26(50)14(5)36-25(49)12(3)33)29(53)41-21(15(6)45)30(54)38-19(10-44)28(52)40-23(17(8)47)32(56)42-22(16(7)46)31(55)37-18(9-43)27(51)35-13(4)24(34)48;1-2/h11-23,43-47H,9-10,33H2,1-8H3,(H2,34,48)(H,35,51)(H,36,49)(H,37,55)(H,38,54)(H,39,50)(H,40,52)(H,41,53)(H,42,56);1H2/p+1/t12-,13-,14-,15+,16+,17+,18-,19-,20-,21-,22-,23-;/m0./s1. The number of quaternary nitrogens is 1. The van der Waals surface area contributed by atoms with Crippen LogP contribution in [0.2, 0.25) is 0 Å². The number of aliphatic hydroxyl groups excluding tert-OH is 5. The van der Waals surface area contributed by atoms with Crippen LogP contribution < -0.4 is 54.0 Å². The largest absolute Gasteiger partial charge is 0.394 e. The highest BCUT2D eigenvalue weighted by Crippen LogP contribution is 2.06. The predicted molar refractivity (Wildman–Crippen MR) is 200 cm³/mol. The van der Waals surface area contributed by atoms with E-state index in [0.29, 0.717) is 0 Å². The van der Waals surface area contributed by atoms with Crippen molar-refractivity contribution in [1.82, 2.24) is 42.5 Å². The molecule has 0 aliphatic rings. The van der Waals surface area contributed by atoms with Crippen molar-refractivity contribution in [3.63, 3.8) is 0 Å². The molecule has 0 aromatic rings. The number of hydrogen-bond donors (Lipinski definition) is 15. The van der Waals surface area contributed by atoms with E-state index in [2.05, 4.69) is 48.3 Å². The molecule has 18 N–H and O–H groups in total. The molecule has 0 radical (unpaired) electrons. The van der Waals surface area contributed by atoms with Crippen LogP contribution in [0.1, 0.15) is 55.4 Å². The van der Waals surface area contributed by atoms with Crippen LogP contribution in [-0.4, -0.2) is 171 Å². The van der Waals surface area contributed by atoms with Crippen LogP contribution in [0.3, 0.4) is 0 Å². The second kappa shape index (κ2) is 26.6. The molecule has 0 heterocycles. The zero-order valence-electron chi connectivity index (χ0n) is 33.7. The zero-order chi connectivity index (χ0) is 45.8. The Labute approximate surface area is 334 Å². The van der Waals surface area contributed by atoms with Crippen LogP contribution >= 0.6 is 0 Å². The molecule has 0 aliphatic carbocycles. The summed E-state index contributed by atoms with van der Waals surface area (Å²) in [5, 5.41) is 68.1. The van der Waals surface area contributed by atoms with E-state index in [-0.39, 0.29) is 0 Å². The van der Waals surface area contributed by atoms with Gasteiger partial charge in [0.2, 0.25) is 47.3 Å². The van der Waals surface area contributed by atoms with E-state index in [9.17, 15) is 68.7 Å². The van der Waals surface area contributed by atoms with Gasteiger partial charge >= 0.3 is 0 Å². The van der Waals surface area contributed by atoms with Crippen molar-refractivity contribution in [2.45, 2.75) is 128 Å². The van der Waals surface area contributed by atoms with Crippen molar-refractivity contribution in [1.29, 1.82) is 0 Å². The van der Waals surface area contributed by atoms with Crippen LogP contribution in [0.25, 0.3) is 0 Å². The molecule has 12 atom stereocenters. The minimum atomic E-state index is -1.90. The normalized spacial score (nSPS) is 17.1. The second-order valence-corrected chi connectivity index (χ2v) is 13.7. The maximum atomic E-state index is 13.2. The SMILES string of the molecule is C=O.CC(C)[C@H](NC(=O)[C@H](C)NC(=O)[C@H](C)[NH3+])C(=O)N[C@H](C(=O)N[C@@H](CO)C(=O)N[C@H](C(=O)N[C@H](C(=O)N[C@@H](CO)C(=O)N[C@@H](C)C(N)=O)[C@@H](C)O)[C@@H](C)O)[C@@H](C)O. The van der Waals surface area contributed by atoms with Gasteiger partial charge in [0.15, 0.2) is 6.04 Å². The number of aliphatic hydroxyl groups is 5. The lowest BCUT2D eigenvalue weighted by Crippen LogP contribution is -2.67. The monoisotopic (exact) mass is 837 g/mol. The smallest absolute Gasteiger partial charge is 0.278 e. The third kappa shape index (κ3) is 18.3. The summed E-state index contributed by atoms with van der Waals surface area (Å²) in [7, 11) is 0.